The van der Waals surface area contributed by atoms with Gasteiger partial charge in [-0.1, -0.05) is 6.92 Å². The first-order valence-corrected chi connectivity index (χ1v) is 8.08. The third kappa shape index (κ3) is 1.33. The fourth-order valence-electron chi connectivity index (χ4n) is 6.15. The largest absolute Gasteiger partial charge is 0.388 e. The van der Waals surface area contributed by atoms with Crippen molar-refractivity contribution in [2.75, 3.05) is 13.1 Å². The van der Waals surface area contributed by atoms with Crippen LogP contribution >= 0.6 is 0 Å². The minimum Gasteiger partial charge on any atom is -0.388 e. The van der Waals surface area contributed by atoms with Crippen LogP contribution in [0, 0.1) is 17.8 Å². The molecule has 2 heterocycles. The normalized spacial score (nSPS) is 53.8. The molecular formula is C16H25NO2. The van der Waals surface area contributed by atoms with E-state index >= 15 is 0 Å². The number of rotatable bonds is 0. The number of hydrogen-bond donors (Lipinski definition) is 1. The van der Waals surface area contributed by atoms with E-state index in [1.165, 1.54) is 0 Å². The van der Waals surface area contributed by atoms with Crippen molar-refractivity contribution in [1.82, 2.24) is 4.90 Å². The average Bonchev–Trinajstić information content (AvgIpc) is 2.35. The molecule has 5 atom stereocenters. The number of ketones is 1. The SMILES string of the molecule is CC1C[C@H]2CC(=O)[C@H]3CCCN4CCC[C@@]2(O)[C@]34C1. The zero-order valence-electron chi connectivity index (χ0n) is 11.9. The third-order valence-corrected chi connectivity index (χ3v) is 6.66. The van der Waals surface area contributed by atoms with Crippen molar-refractivity contribution in [2.24, 2.45) is 17.8 Å². The van der Waals surface area contributed by atoms with Crippen LogP contribution in [0.5, 0.6) is 0 Å². The van der Waals surface area contributed by atoms with Crippen LogP contribution in [-0.2, 0) is 4.79 Å². The van der Waals surface area contributed by atoms with Crippen molar-refractivity contribution in [3.8, 4) is 0 Å². The van der Waals surface area contributed by atoms with Gasteiger partial charge in [0.15, 0.2) is 0 Å². The summed E-state index contributed by atoms with van der Waals surface area (Å²) in [6.45, 7) is 4.49. The number of carbonyl (C=O) groups excluding carboxylic acids is 1. The second-order valence-electron chi connectivity index (χ2n) is 7.55. The molecule has 0 radical (unpaired) electrons. The van der Waals surface area contributed by atoms with Crippen LogP contribution < -0.4 is 0 Å². The van der Waals surface area contributed by atoms with Crippen LogP contribution in [0.4, 0.5) is 0 Å². The Kier molecular flexibility index (Phi) is 2.48. The van der Waals surface area contributed by atoms with Gasteiger partial charge in [0.25, 0.3) is 0 Å². The van der Waals surface area contributed by atoms with Gasteiger partial charge in [-0.05, 0) is 63.5 Å². The number of Topliss-reactive ketones (excluding diaryl/α,β-unsaturated/α-hetero) is 1. The van der Waals surface area contributed by atoms with Crippen LogP contribution in [0.25, 0.3) is 0 Å². The molecule has 1 unspecified atom stereocenters. The van der Waals surface area contributed by atoms with E-state index in [0.717, 1.165) is 51.6 Å². The lowest BCUT2D eigenvalue weighted by molar-refractivity contribution is -0.249. The predicted molar refractivity (Wildman–Crippen MR) is 72.7 cm³/mol. The van der Waals surface area contributed by atoms with Crippen molar-refractivity contribution in [2.45, 2.75) is 63.0 Å². The van der Waals surface area contributed by atoms with Gasteiger partial charge in [0.1, 0.15) is 5.78 Å². The third-order valence-electron chi connectivity index (χ3n) is 6.66. The maximum Gasteiger partial charge on any atom is 0.138 e. The molecule has 0 aromatic heterocycles. The predicted octanol–water partition coefficient (Wildman–Crippen LogP) is 1.98. The second kappa shape index (κ2) is 3.82. The molecule has 106 valence electrons. The van der Waals surface area contributed by atoms with Gasteiger partial charge in [0.05, 0.1) is 11.1 Å². The molecule has 2 aliphatic heterocycles. The Morgan fingerprint density at radius 3 is 2.95 bits per heavy atom. The molecule has 4 fully saturated rings. The number of hydrogen-bond acceptors (Lipinski definition) is 3. The lowest BCUT2D eigenvalue weighted by atomic mass is 9.46. The monoisotopic (exact) mass is 263 g/mol. The van der Waals surface area contributed by atoms with Gasteiger partial charge in [-0.3, -0.25) is 9.69 Å². The van der Waals surface area contributed by atoms with Crippen molar-refractivity contribution in [3.63, 3.8) is 0 Å². The molecule has 1 spiro atoms. The first-order valence-electron chi connectivity index (χ1n) is 8.08. The van der Waals surface area contributed by atoms with Gasteiger partial charge in [-0.2, -0.15) is 0 Å². The molecule has 2 bridgehead atoms. The summed E-state index contributed by atoms with van der Waals surface area (Å²) in [5, 5.41) is 11.5. The molecule has 0 amide bonds. The maximum atomic E-state index is 12.6. The highest BCUT2D eigenvalue weighted by Crippen LogP contribution is 2.61. The highest BCUT2D eigenvalue weighted by atomic mass is 16.3. The van der Waals surface area contributed by atoms with E-state index in [4.69, 9.17) is 0 Å². The van der Waals surface area contributed by atoms with E-state index in [2.05, 4.69) is 11.8 Å². The van der Waals surface area contributed by atoms with E-state index < -0.39 is 5.60 Å². The number of piperidine rings is 2. The number of carbonyl (C=O) groups is 1. The first kappa shape index (κ1) is 12.3. The van der Waals surface area contributed by atoms with Crippen molar-refractivity contribution < 1.29 is 9.90 Å². The summed E-state index contributed by atoms with van der Waals surface area (Å²) in [6.07, 6.45) is 6.89. The van der Waals surface area contributed by atoms with E-state index in [-0.39, 0.29) is 17.4 Å². The van der Waals surface area contributed by atoms with Gasteiger partial charge >= 0.3 is 0 Å². The van der Waals surface area contributed by atoms with E-state index in [9.17, 15) is 9.90 Å². The van der Waals surface area contributed by atoms with Gasteiger partial charge in [0, 0.05) is 12.3 Å². The summed E-state index contributed by atoms with van der Waals surface area (Å²) >= 11 is 0. The molecule has 2 saturated carbocycles. The fraction of sp³-hybridized carbons (Fsp3) is 0.938. The first-order chi connectivity index (χ1) is 9.08. The lowest BCUT2D eigenvalue weighted by Crippen LogP contribution is -2.79. The quantitative estimate of drug-likeness (QED) is 0.726. The summed E-state index contributed by atoms with van der Waals surface area (Å²) in [7, 11) is 0. The zero-order chi connectivity index (χ0) is 13.3. The van der Waals surface area contributed by atoms with Gasteiger partial charge < -0.3 is 5.11 Å². The molecule has 0 aromatic rings. The Morgan fingerprint density at radius 1 is 1.32 bits per heavy atom. The van der Waals surface area contributed by atoms with Gasteiger partial charge in [-0.15, -0.1) is 0 Å². The minimum absolute atomic E-state index is 0.116. The summed E-state index contributed by atoms with van der Waals surface area (Å²) in [6, 6.07) is 0. The molecule has 2 aliphatic carbocycles. The van der Waals surface area contributed by atoms with Crippen molar-refractivity contribution in [3.05, 3.63) is 0 Å². The lowest BCUT2D eigenvalue weighted by Gasteiger charge is -2.69. The van der Waals surface area contributed by atoms with E-state index in [1.54, 1.807) is 0 Å². The topological polar surface area (TPSA) is 40.5 Å². The summed E-state index contributed by atoms with van der Waals surface area (Å²) in [5.41, 5.74) is -0.766. The molecule has 2 saturated heterocycles. The number of aliphatic hydroxyl groups is 1. The Bertz CT molecular complexity index is 421. The highest BCUT2D eigenvalue weighted by molar-refractivity contribution is 5.85. The molecule has 19 heavy (non-hydrogen) atoms. The second-order valence-corrected chi connectivity index (χ2v) is 7.55. The Morgan fingerprint density at radius 2 is 2.11 bits per heavy atom. The average molecular weight is 263 g/mol. The minimum atomic E-state index is -0.573. The molecule has 4 aliphatic rings. The molecule has 0 aromatic carbocycles. The molecule has 3 heteroatoms. The standard InChI is InChI=1S/C16H25NO2/c1-11-8-12-9-14(18)13-4-2-6-17-7-3-5-16(12,19)15(13,17)10-11/h11-13,19H,2-10H2,1H3/t11?,12-,13+,15-,16-/m0/s1. The van der Waals surface area contributed by atoms with Crippen LogP contribution in [0.15, 0.2) is 0 Å². The van der Waals surface area contributed by atoms with Crippen LogP contribution in [0.2, 0.25) is 0 Å². The molecular weight excluding hydrogens is 238 g/mol. The van der Waals surface area contributed by atoms with Crippen molar-refractivity contribution >= 4 is 5.78 Å². The van der Waals surface area contributed by atoms with Crippen LogP contribution in [0.3, 0.4) is 0 Å². The Balaban J connectivity index is 1.89. The summed E-state index contributed by atoms with van der Waals surface area (Å²) in [4.78, 5) is 15.1. The van der Waals surface area contributed by atoms with Crippen LogP contribution in [-0.4, -0.2) is 40.0 Å². The van der Waals surface area contributed by atoms with E-state index in [0.29, 0.717) is 18.1 Å². The van der Waals surface area contributed by atoms with Gasteiger partial charge in [-0.25, -0.2) is 0 Å². The highest BCUT2D eigenvalue weighted by Gasteiger charge is 2.69. The summed E-state index contributed by atoms with van der Waals surface area (Å²) < 4.78 is 0. The summed E-state index contributed by atoms with van der Waals surface area (Å²) in [5.74, 6) is 1.44. The maximum absolute atomic E-state index is 12.6. The zero-order valence-corrected chi connectivity index (χ0v) is 11.9. The fourth-order valence-corrected chi connectivity index (χ4v) is 6.15. The Labute approximate surface area is 115 Å². The molecule has 4 rings (SSSR count). The van der Waals surface area contributed by atoms with Crippen LogP contribution in [0.1, 0.15) is 51.9 Å². The molecule has 1 N–H and O–H groups in total. The Hall–Kier alpha value is -0.410. The smallest absolute Gasteiger partial charge is 0.138 e. The van der Waals surface area contributed by atoms with Crippen molar-refractivity contribution in [1.29, 1.82) is 0 Å². The van der Waals surface area contributed by atoms with E-state index in [1.807, 2.05) is 0 Å². The number of nitrogens with zero attached hydrogens (tertiary/aromatic N) is 1. The van der Waals surface area contributed by atoms with Gasteiger partial charge in [0.2, 0.25) is 0 Å². The molecule has 3 nitrogen and oxygen atoms in total.